The van der Waals surface area contributed by atoms with Gasteiger partial charge >= 0.3 is 0 Å². The van der Waals surface area contributed by atoms with Gasteiger partial charge in [-0.2, -0.15) is 0 Å². The average molecular weight is 252 g/mol. The van der Waals surface area contributed by atoms with E-state index in [2.05, 4.69) is 36.2 Å². The molecule has 0 aromatic carbocycles. The first-order valence-electron chi connectivity index (χ1n) is 6.94. The van der Waals surface area contributed by atoms with E-state index in [1.807, 2.05) is 0 Å². The van der Waals surface area contributed by atoms with Crippen LogP contribution in [0.2, 0.25) is 0 Å². The van der Waals surface area contributed by atoms with E-state index in [4.69, 9.17) is 9.15 Å². The molecule has 1 atom stereocenters. The maximum atomic E-state index is 5.81. The normalized spacial score (nSPS) is 21.3. The van der Waals surface area contributed by atoms with Crippen molar-refractivity contribution in [3.05, 3.63) is 23.7 Å². The molecule has 1 saturated heterocycles. The van der Waals surface area contributed by atoms with E-state index in [1.165, 1.54) is 0 Å². The largest absolute Gasteiger partial charge is 0.463 e. The Labute approximate surface area is 109 Å². The lowest BCUT2D eigenvalue weighted by molar-refractivity contribution is -0.0342. The zero-order valence-electron chi connectivity index (χ0n) is 11.4. The minimum absolute atomic E-state index is 0.384. The van der Waals surface area contributed by atoms with Gasteiger partial charge in [0.1, 0.15) is 11.5 Å². The lowest BCUT2D eigenvalue weighted by atomic mass is 10.2. The van der Waals surface area contributed by atoms with Crippen LogP contribution in [0.3, 0.4) is 0 Å². The highest BCUT2D eigenvalue weighted by molar-refractivity contribution is 5.07. The maximum Gasteiger partial charge on any atom is 0.118 e. The van der Waals surface area contributed by atoms with Crippen LogP contribution in [0.1, 0.15) is 31.8 Å². The molecule has 0 amide bonds. The van der Waals surface area contributed by atoms with Crippen molar-refractivity contribution in [2.24, 2.45) is 0 Å². The van der Waals surface area contributed by atoms with Crippen molar-refractivity contribution in [1.82, 2.24) is 10.2 Å². The van der Waals surface area contributed by atoms with Gasteiger partial charge in [-0.25, -0.2) is 0 Å². The van der Waals surface area contributed by atoms with Crippen molar-refractivity contribution in [2.75, 3.05) is 26.2 Å². The molecule has 18 heavy (non-hydrogen) atoms. The topological polar surface area (TPSA) is 37.6 Å². The molecule has 1 aromatic heterocycles. The summed E-state index contributed by atoms with van der Waals surface area (Å²) in [7, 11) is 0. The van der Waals surface area contributed by atoms with Gasteiger partial charge in [0.05, 0.1) is 25.8 Å². The first-order valence-corrected chi connectivity index (χ1v) is 6.94. The molecule has 2 rings (SSSR count). The Morgan fingerprint density at radius 3 is 2.94 bits per heavy atom. The van der Waals surface area contributed by atoms with Gasteiger partial charge in [-0.15, -0.1) is 0 Å². The second kappa shape index (κ2) is 6.92. The number of nitrogens with one attached hydrogen (secondary N) is 1. The minimum atomic E-state index is 0.384. The van der Waals surface area contributed by atoms with Crippen molar-refractivity contribution in [2.45, 2.75) is 39.5 Å². The molecule has 0 spiro atoms. The summed E-state index contributed by atoms with van der Waals surface area (Å²) in [6.45, 7) is 9.81. The number of ether oxygens (including phenoxy) is 1. The van der Waals surface area contributed by atoms with E-state index < -0.39 is 0 Å². The number of hydrogen-bond acceptors (Lipinski definition) is 4. The lowest BCUT2D eigenvalue weighted by Gasteiger charge is -2.31. The summed E-state index contributed by atoms with van der Waals surface area (Å²) >= 11 is 0. The summed E-state index contributed by atoms with van der Waals surface area (Å²) in [6.07, 6.45) is 1.47. The Balaban J connectivity index is 1.83. The zero-order chi connectivity index (χ0) is 12.8. The predicted octanol–water partition coefficient (Wildman–Crippen LogP) is 2.00. The molecule has 1 aliphatic heterocycles. The lowest BCUT2D eigenvalue weighted by Crippen LogP contribution is -2.41. The molecule has 4 heteroatoms. The van der Waals surface area contributed by atoms with E-state index in [1.54, 1.807) is 0 Å². The molecule has 0 bridgehead atoms. The number of morpholine rings is 1. The Morgan fingerprint density at radius 2 is 2.17 bits per heavy atom. The van der Waals surface area contributed by atoms with Crippen LogP contribution < -0.4 is 5.32 Å². The third kappa shape index (κ3) is 3.83. The predicted molar refractivity (Wildman–Crippen MR) is 71.4 cm³/mol. The van der Waals surface area contributed by atoms with Crippen molar-refractivity contribution in [3.63, 3.8) is 0 Å². The fourth-order valence-electron chi connectivity index (χ4n) is 2.24. The molecule has 2 heterocycles. The maximum absolute atomic E-state index is 5.81. The summed E-state index contributed by atoms with van der Waals surface area (Å²) in [5.41, 5.74) is 0. The van der Waals surface area contributed by atoms with Gasteiger partial charge in [0.15, 0.2) is 0 Å². The molecule has 1 N–H and O–H groups in total. The molecule has 102 valence electrons. The highest BCUT2D eigenvalue weighted by Gasteiger charge is 2.19. The minimum Gasteiger partial charge on any atom is -0.463 e. The van der Waals surface area contributed by atoms with Gasteiger partial charge in [-0.1, -0.05) is 13.8 Å². The third-order valence-electron chi connectivity index (χ3n) is 3.32. The van der Waals surface area contributed by atoms with Crippen molar-refractivity contribution in [1.29, 1.82) is 0 Å². The summed E-state index contributed by atoms with van der Waals surface area (Å²) < 4.78 is 11.5. The molecule has 1 unspecified atom stereocenters. The standard InChI is InChI=1S/C14H24N2O2/c1-3-12-10-16(7-8-17-12)11-14-6-5-13(18-14)9-15-4-2/h5-6,12,15H,3-4,7-11H2,1-2H3. The van der Waals surface area contributed by atoms with Crippen LogP contribution in [0.5, 0.6) is 0 Å². The molecular formula is C14H24N2O2. The Kier molecular flexibility index (Phi) is 5.23. The highest BCUT2D eigenvalue weighted by Crippen LogP contribution is 2.14. The van der Waals surface area contributed by atoms with Gasteiger partial charge < -0.3 is 14.5 Å². The van der Waals surface area contributed by atoms with Crippen LogP contribution in [0.25, 0.3) is 0 Å². The zero-order valence-corrected chi connectivity index (χ0v) is 11.4. The Hall–Kier alpha value is -0.840. The fourth-order valence-corrected chi connectivity index (χ4v) is 2.24. The SMILES string of the molecule is CCNCc1ccc(CN2CCOC(CC)C2)o1. The quantitative estimate of drug-likeness (QED) is 0.840. The molecule has 1 fully saturated rings. The van der Waals surface area contributed by atoms with Crippen LogP contribution in [0.15, 0.2) is 16.5 Å². The van der Waals surface area contributed by atoms with E-state index >= 15 is 0 Å². The van der Waals surface area contributed by atoms with E-state index in [-0.39, 0.29) is 0 Å². The third-order valence-corrected chi connectivity index (χ3v) is 3.32. The number of rotatable bonds is 6. The van der Waals surface area contributed by atoms with E-state index in [0.717, 1.165) is 57.3 Å². The number of hydrogen-bond donors (Lipinski definition) is 1. The molecule has 0 radical (unpaired) electrons. The van der Waals surface area contributed by atoms with Gasteiger partial charge in [-0.05, 0) is 25.1 Å². The van der Waals surface area contributed by atoms with Crippen LogP contribution >= 0.6 is 0 Å². The smallest absolute Gasteiger partial charge is 0.118 e. The first kappa shape index (κ1) is 13.6. The Morgan fingerprint density at radius 1 is 1.33 bits per heavy atom. The summed E-state index contributed by atoms with van der Waals surface area (Å²) in [5, 5.41) is 3.27. The first-order chi connectivity index (χ1) is 8.81. The fraction of sp³-hybridized carbons (Fsp3) is 0.714. The number of nitrogens with zero attached hydrogens (tertiary/aromatic N) is 1. The monoisotopic (exact) mass is 252 g/mol. The van der Waals surface area contributed by atoms with Crippen molar-refractivity contribution >= 4 is 0 Å². The van der Waals surface area contributed by atoms with Crippen LogP contribution in [0.4, 0.5) is 0 Å². The highest BCUT2D eigenvalue weighted by atomic mass is 16.5. The molecule has 1 aliphatic rings. The Bertz CT molecular complexity index is 351. The van der Waals surface area contributed by atoms with Gasteiger partial charge in [-0.3, -0.25) is 4.90 Å². The van der Waals surface area contributed by atoms with Gasteiger partial charge in [0, 0.05) is 13.1 Å². The van der Waals surface area contributed by atoms with Crippen LogP contribution in [-0.4, -0.2) is 37.2 Å². The van der Waals surface area contributed by atoms with E-state index in [0.29, 0.717) is 6.10 Å². The van der Waals surface area contributed by atoms with Crippen LogP contribution in [-0.2, 0) is 17.8 Å². The summed E-state index contributed by atoms with van der Waals surface area (Å²) in [5.74, 6) is 2.08. The summed E-state index contributed by atoms with van der Waals surface area (Å²) in [4.78, 5) is 2.41. The van der Waals surface area contributed by atoms with Gasteiger partial charge in [0.25, 0.3) is 0 Å². The second-order valence-corrected chi connectivity index (χ2v) is 4.78. The molecular weight excluding hydrogens is 228 g/mol. The molecule has 0 saturated carbocycles. The molecule has 4 nitrogen and oxygen atoms in total. The van der Waals surface area contributed by atoms with Crippen molar-refractivity contribution in [3.8, 4) is 0 Å². The molecule has 0 aliphatic carbocycles. The summed E-state index contributed by atoms with van der Waals surface area (Å²) in [6, 6.07) is 4.15. The second-order valence-electron chi connectivity index (χ2n) is 4.78. The van der Waals surface area contributed by atoms with E-state index in [9.17, 15) is 0 Å². The molecule has 1 aromatic rings. The van der Waals surface area contributed by atoms with Gasteiger partial charge in [0.2, 0.25) is 0 Å². The van der Waals surface area contributed by atoms with Crippen LogP contribution in [0, 0.1) is 0 Å². The number of furan rings is 1. The van der Waals surface area contributed by atoms with Crippen molar-refractivity contribution < 1.29 is 9.15 Å². The average Bonchev–Trinajstić information content (AvgIpc) is 2.84.